The molecule has 0 heterocycles. The van der Waals surface area contributed by atoms with Crippen molar-refractivity contribution in [3.63, 3.8) is 0 Å². The molecule has 10 heavy (non-hydrogen) atoms. The lowest BCUT2D eigenvalue weighted by Crippen LogP contribution is -2.05. The van der Waals surface area contributed by atoms with Crippen molar-refractivity contribution in [2.75, 3.05) is 18.2 Å². The number of hydrogen-bond acceptors (Lipinski definition) is 2. The third-order valence-electron chi connectivity index (χ3n) is 0.835. The Labute approximate surface area is 66.8 Å². The molecule has 0 bridgehead atoms. The van der Waals surface area contributed by atoms with Gasteiger partial charge in [0.05, 0.1) is 12.7 Å². The fraction of sp³-hybridized carbons (Fsp3) is 0.857. The highest BCUT2D eigenvalue weighted by Gasteiger charge is 1.93. The van der Waals surface area contributed by atoms with Gasteiger partial charge in [-0.05, 0) is 13.8 Å². The second kappa shape index (κ2) is 6.91. The third-order valence-corrected chi connectivity index (χ3v) is 1.60. The van der Waals surface area contributed by atoms with E-state index >= 15 is 0 Å². The molecule has 0 saturated carbocycles. The molecule has 0 spiro atoms. The van der Waals surface area contributed by atoms with Gasteiger partial charge >= 0.3 is 0 Å². The average Bonchev–Trinajstić information content (AvgIpc) is 1.87. The fourth-order valence-electron chi connectivity index (χ4n) is 0.453. The molecule has 0 rings (SSSR count). The van der Waals surface area contributed by atoms with Crippen LogP contribution in [-0.4, -0.2) is 24.3 Å². The van der Waals surface area contributed by atoms with Crippen LogP contribution >= 0.6 is 11.8 Å². The van der Waals surface area contributed by atoms with Crippen molar-refractivity contribution < 1.29 is 4.74 Å². The Hall–Kier alpha value is -0.200. The molecule has 0 aliphatic heterocycles. The lowest BCUT2D eigenvalue weighted by Gasteiger charge is -2.04. The van der Waals surface area contributed by atoms with Gasteiger partial charge in [-0.15, -0.1) is 0 Å². The van der Waals surface area contributed by atoms with Crippen molar-refractivity contribution >= 4 is 11.8 Å². The van der Waals surface area contributed by atoms with Crippen LogP contribution in [0.4, 0.5) is 0 Å². The summed E-state index contributed by atoms with van der Waals surface area (Å²) in [4.78, 5) is 3.21. The monoisotopic (exact) mass is 159 g/mol. The van der Waals surface area contributed by atoms with Crippen molar-refractivity contribution in [1.29, 1.82) is 0 Å². The highest BCUT2D eigenvalue weighted by molar-refractivity contribution is 7.99. The molecule has 0 aromatic rings. The highest BCUT2D eigenvalue weighted by atomic mass is 32.2. The maximum Gasteiger partial charge on any atom is 0.260 e. The van der Waals surface area contributed by atoms with Gasteiger partial charge in [-0.3, -0.25) is 0 Å². The van der Waals surface area contributed by atoms with Crippen molar-refractivity contribution in [3.8, 4) is 0 Å². The summed E-state index contributed by atoms with van der Waals surface area (Å²) in [6.07, 6.45) is 0.313. The Bertz CT molecular complexity index is 109. The summed E-state index contributed by atoms with van der Waals surface area (Å²) in [5, 5.41) is 0. The van der Waals surface area contributed by atoms with Gasteiger partial charge in [0, 0.05) is 5.75 Å². The Balaban J connectivity index is 2.86. The number of rotatable bonds is 5. The first kappa shape index (κ1) is 9.80. The standard InChI is InChI=1S/C7H13NOS/c1-7(2)9-4-5-10-6-8-3/h7H,4-6H2,1-2H3. The molecule has 0 aromatic heterocycles. The van der Waals surface area contributed by atoms with E-state index in [0.29, 0.717) is 12.0 Å². The lowest BCUT2D eigenvalue weighted by atomic mass is 10.5. The van der Waals surface area contributed by atoms with E-state index in [4.69, 9.17) is 11.3 Å². The van der Waals surface area contributed by atoms with Gasteiger partial charge in [0.25, 0.3) is 5.88 Å². The maximum atomic E-state index is 6.49. The molecule has 0 aromatic carbocycles. The zero-order valence-corrected chi connectivity index (χ0v) is 7.28. The zero-order chi connectivity index (χ0) is 7.82. The second-order valence-corrected chi connectivity index (χ2v) is 3.19. The Morgan fingerprint density at radius 2 is 2.30 bits per heavy atom. The molecule has 0 N–H and O–H groups in total. The molecule has 0 unspecified atom stereocenters. The number of ether oxygens (including phenoxy) is 1. The largest absolute Gasteiger partial charge is 0.378 e. The molecule has 0 aliphatic rings. The fourth-order valence-corrected chi connectivity index (χ4v) is 0.887. The predicted molar refractivity (Wildman–Crippen MR) is 45.0 cm³/mol. The summed E-state index contributed by atoms with van der Waals surface area (Å²) in [6, 6.07) is 0. The summed E-state index contributed by atoms with van der Waals surface area (Å²) in [6.45, 7) is 11.3. The van der Waals surface area contributed by atoms with Crippen LogP contribution in [0.25, 0.3) is 4.85 Å². The molecule has 0 amide bonds. The van der Waals surface area contributed by atoms with Gasteiger partial charge in [-0.2, -0.15) is 0 Å². The van der Waals surface area contributed by atoms with Crippen molar-refractivity contribution in [1.82, 2.24) is 0 Å². The van der Waals surface area contributed by atoms with Crippen molar-refractivity contribution in [3.05, 3.63) is 11.4 Å². The Morgan fingerprint density at radius 3 is 2.80 bits per heavy atom. The van der Waals surface area contributed by atoms with Crippen LogP contribution in [0.5, 0.6) is 0 Å². The Morgan fingerprint density at radius 1 is 1.60 bits per heavy atom. The Kier molecular flexibility index (Phi) is 6.78. The molecular formula is C7H13NOS. The minimum Gasteiger partial charge on any atom is -0.378 e. The maximum absolute atomic E-state index is 6.49. The van der Waals surface area contributed by atoms with Crippen LogP contribution in [0.1, 0.15) is 13.8 Å². The van der Waals surface area contributed by atoms with E-state index in [1.54, 1.807) is 11.8 Å². The van der Waals surface area contributed by atoms with Gasteiger partial charge in [0.15, 0.2) is 0 Å². The first-order valence-corrected chi connectivity index (χ1v) is 4.45. The normalized spacial score (nSPS) is 9.80. The molecule has 0 aliphatic carbocycles. The quantitative estimate of drug-likeness (QED) is 0.450. The summed E-state index contributed by atoms with van der Waals surface area (Å²) >= 11 is 1.62. The molecule has 3 heteroatoms. The van der Waals surface area contributed by atoms with Gasteiger partial charge in [-0.25, -0.2) is 6.57 Å². The van der Waals surface area contributed by atoms with E-state index in [1.165, 1.54) is 0 Å². The summed E-state index contributed by atoms with van der Waals surface area (Å²) in [7, 11) is 0. The lowest BCUT2D eigenvalue weighted by molar-refractivity contribution is 0.0921. The number of nitrogens with zero attached hydrogens (tertiary/aromatic N) is 1. The van der Waals surface area contributed by atoms with Crippen LogP contribution in [0.3, 0.4) is 0 Å². The number of thioether (sulfide) groups is 1. The van der Waals surface area contributed by atoms with E-state index in [9.17, 15) is 0 Å². The van der Waals surface area contributed by atoms with Crippen LogP contribution < -0.4 is 0 Å². The third kappa shape index (κ3) is 7.80. The minimum atomic E-state index is 0.313. The molecule has 0 saturated heterocycles. The van der Waals surface area contributed by atoms with Crippen LogP contribution in [0.2, 0.25) is 0 Å². The summed E-state index contributed by atoms with van der Waals surface area (Å²) < 4.78 is 5.26. The van der Waals surface area contributed by atoms with Crippen LogP contribution in [-0.2, 0) is 4.74 Å². The van der Waals surface area contributed by atoms with Gasteiger partial charge in [0.2, 0.25) is 0 Å². The van der Waals surface area contributed by atoms with Crippen LogP contribution in [0, 0.1) is 6.57 Å². The summed E-state index contributed by atoms with van der Waals surface area (Å²) in [5.41, 5.74) is 0. The molecule has 0 fully saturated rings. The van der Waals surface area contributed by atoms with Crippen molar-refractivity contribution in [2.45, 2.75) is 20.0 Å². The van der Waals surface area contributed by atoms with E-state index < -0.39 is 0 Å². The minimum absolute atomic E-state index is 0.313. The predicted octanol–water partition coefficient (Wildman–Crippen LogP) is 2.02. The molecule has 0 radical (unpaired) electrons. The molecular weight excluding hydrogens is 146 g/mol. The van der Waals surface area contributed by atoms with E-state index in [1.807, 2.05) is 13.8 Å². The van der Waals surface area contributed by atoms with Crippen LogP contribution in [0.15, 0.2) is 0 Å². The summed E-state index contributed by atoms with van der Waals surface area (Å²) in [5.74, 6) is 1.49. The molecule has 58 valence electrons. The topological polar surface area (TPSA) is 13.6 Å². The smallest absolute Gasteiger partial charge is 0.260 e. The second-order valence-electron chi connectivity index (χ2n) is 2.12. The van der Waals surface area contributed by atoms with Gasteiger partial charge < -0.3 is 9.58 Å². The molecule has 2 nitrogen and oxygen atoms in total. The van der Waals surface area contributed by atoms with E-state index in [-0.39, 0.29) is 0 Å². The zero-order valence-electron chi connectivity index (χ0n) is 6.46. The SMILES string of the molecule is [C-]#[N+]CSCCOC(C)C. The first-order valence-electron chi connectivity index (χ1n) is 3.30. The van der Waals surface area contributed by atoms with Crippen molar-refractivity contribution in [2.24, 2.45) is 0 Å². The van der Waals surface area contributed by atoms with E-state index in [0.717, 1.165) is 12.4 Å². The highest BCUT2D eigenvalue weighted by Crippen LogP contribution is 2.00. The molecule has 0 atom stereocenters. The van der Waals surface area contributed by atoms with Gasteiger partial charge in [-0.1, -0.05) is 11.8 Å². The number of hydrogen-bond donors (Lipinski definition) is 0. The van der Waals surface area contributed by atoms with Gasteiger partial charge in [0.1, 0.15) is 0 Å². The average molecular weight is 159 g/mol. The first-order chi connectivity index (χ1) is 4.77. The van der Waals surface area contributed by atoms with E-state index in [2.05, 4.69) is 4.85 Å².